The van der Waals surface area contributed by atoms with Crippen molar-refractivity contribution in [3.63, 3.8) is 0 Å². The van der Waals surface area contributed by atoms with Crippen LogP contribution in [0.15, 0.2) is 22.7 Å². The Balaban J connectivity index is 2.88. The van der Waals surface area contributed by atoms with Gasteiger partial charge in [-0.2, -0.15) is 0 Å². The van der Waals surface area contributed by atoms with Gasteiger partial charge in [0.25, 0.3) is 5.91 Å². The molecule has 0 spiro atoms. The zero-order valence-electron chi connectivity index (χ0n) is 9.37. The van der Waals surface area contributed by atoms with Crippen molar-refractivity contribution in [2.24, 2.45) is 0 Å². The van der Waals surface area contributed by atoms with Crippen molar-refractivity contribution in [3.05, 3.63) is 33.3 Å². The van der Waals surface area contributed by atoms with Crippen LogP contribution in [0, 0.1) is 0 Å². The number of alkyl halides is 2. The number of hydrogen-bond donors (Lipinski definition) is 2. The number of carboxylic acid groups (broad SMARTS) is 1. The number of amides is 1. The number of carboxylic acids is 1. The second kappa shape index (κ2) is 6.81. The Morgan fingerprint density at radius 1 is 1.42 bits per heavy atom. The molecule has 2 N–H and O–H groups in total. The summed E-state index contributed by atoms with van der Waals surface area (Å²) in [6.45, 7) is 0. The van der Waals surface area contributed by atoms with Gasteiger partial charge in [-0.25, -0.2) is 13.6 Å². The number of carbonyl (C=O) groups excluding carboxylic acids is 1. The Morgan fingerprint density at radius 2 is 2.05 bits per heavy atom. The topological polar surface area (TPSA) is 66.4 Å². The largest absolute Gasteiger partial charge is 0.480 e. The third-order valence-electron chi connectivity index (χ3n) is 2.21. The van der Waals surface area contributed by atoms with E-state index in [9.17, 15) is 18.4 Å². The van der Waals surface area contributed by atoms with Crippen molar-refractivity contribution in [1.82, 2.24) is 5.32 Å². The quantitative estimate of drug-likeness (QED) is 0.852. The molecule has 104 valence electrons. The van der Waals surface area contributed by atoms with Crippen LogP contribution in [-0.4, -0.2) is 29.5 Å². The molecule has 1 unspecified atom stereocenters. The average molecular weight is 357 g/mol. The first kappa shape index (κ1) is 15.8. The van der Waals surface area contributed by atoms with Crippen LogP contribution in [0.3, 0.4) is 0 Å². The van der Waals surface area contributed by atoms with Crippen LogP contribution in [0.25, 0.3) is 0 Å². The van der Waals surface area contributed by atoms with Gasteiger partial charge in [-0.3, -0.25) is 4.79 Å². The van der Waals surface area contributed by atoms with E-state index in [1.54, 1.807) is 6.07 Å². The predicted octanol–water partition coefficient (Wildman–Crippen LogP) is 2.94. The fourth-order valence-electron chi connectivity index (χ4n) is 1.31. The van der Waals surface area contributed by atoms with E-state index in [2.05, 4.69) is 15.9 Å². The van der Waals surface area contributed by atoms with Gasteiger partial charge in [0.2, 0.25) is 6.43 Å². The molecule has 8 heteroatoms. The van der Waals surface area contributed by atoms with Gasteiger partial charge in [-0.15, -0.1) is 0 Å². The number of rotatable bonds is 5. The lowest BCUT2D eigenvalue weighted by Gasteiger charge is -2.14. The summed E-state index contributed by atoms with van der Waals surface area (Å²) in [6, 6.07) is 2.81. The van der Waals surface area contributed by atoms with Crippen LogP contribution in [-0.2, 0) is 4.79 Å². The van der Waals surface area contributed by atoms with E-state index in [-0.39, 0.29) is 10.6 Å². The molecule has 0 aromatic heterocycles. The summed E-state index contributed by atoms with van der Waals surface area (Å²) in [6.07, 6.45) is -3.80. The summed E-state index contributed by atoms with van der Waals surface area (Å²) in [7, 11) is 0. The Morgan fingerprint density at radius 3 is 2.58 bits per heavy atom. The molecule has 0 radical (unpaired) electrons. The highest BCUT2D eigenvalue weighted by Gasteiger charge is 2.25. The second-order valence-electron chi connectivity index (χ2n) is 3.59. The molecule has 1 atom stereocenters. The molecule has 1 aromatic carbocycles. The minimum atomic E-state index is -2.83. The van der Waals surface area contributed by atoms with Gasteiger partial charge in [-0.1, -0.05) is 17.7 Å². The number of nitrogens with one attached hydrogen (secondary N) is 1. The van der Waals surface area contributed by atoms with Crippen molar-refractivity contribution in [3.8, 4) is 0 Å². The maximum absolute atomic E-state index is 12.2. The van der Waals surface area contributed by atoms with E-state index in [0.29, 0.717) is 4.47 Å². The molecular formula is C11H9BrClF2NO3. The van der Waals surface area contributed by atoms with Gasteiger partial charge in [0, 0.05) is 10.9 Å². The predicted molar refractivity (Wildman–Crippen MR) is 68.7 cm³/mol. The van der Waals surface area contributed by atoms with Gasteiger partial charge in [0.05, 0.1) is 10.6 Å². The van der Waals surface area contributed by atoms with Gasteiger partial charge in [0.15, 0.2) is 0 Å². The molecule has 0 aliphatic heterocycles. The summed E-state index contributed by atoms with van der Waals surface area (Å²) < 4.78 is 24.8. The lowest BCUT2D eigenvalue weighted by molar-refractivity contribution is -0.140. The third-order valence-corrected chi connectivity index (χ3v) is 3.51. The van der Waals surface area contributed by atoms with Crippen molar-refractivity contribution >= 4 is 39.4 Å². The summed E-state index contributed by atoms with van der Waals surface area (Å²) in [5, 5.41) is 10.8. The lowest BCUT2D eigenvalue weighted by Crippen LogP contribution is -2.42. The maximum Gasteiger partial charge on any atom is 0.326 e. The molecule has 1 rings (SSSR count). The molecule has 4 nitrogen and oxygen atoms in total. The minimum Gasteiger partial charge on any atom is -0.480 e. The molecule has 0 heterocycles. The van der Waals surface area contributed by atoms with Crippen molar-refractivity contribution in [1.29, 1.82) is 0 Å². The van der Waals surface area contributed by atoms with Crippen molar-refractivity contribution < 1.29 is 23.5 Å². The van der Waals surface area contributed by atoms with Crippen LogP contribution in [0.2, 0.25) is 5.02 Å². The van der Waals surface area contributed by atoms with Crippen LogP contribution in [0.4, 0.5) is 8.78 Å². The maximum atomic E-state index is 12.2. The highest BCUT2D eigenvalue weighted by atomic mass is 79.9. The first-order chi connectivity index (χ1) is 8.82. The highest BCUT2D eigenvalue weighted by Crippen LogP contribution is 2.26. The fraction of sp³-hybridized carbons (Fsp3) is 0.273. The summed E-state index contributed by atoms with van der Waals surface area (Å²) in [5.74, 6) is -2.35. The number of halogens is 4. The zero-order valence-corrected chi connectivity index (χ0v) is 11.7. The third kappa shape index (κ3) is 4.43. The molecule has 19 heavy (non-hydrogen) atoms. The Labute approximate surface area is 120 Å². The van der Waals surface area contributed by atoms with E-state index in [0.717, 1.165) is 0 Å². The van der Waals surface area contributed by atoms with E-state index in [1.807, 2.05) is 5.32 Å². The smallest absolute Gasteiger partial charge is 0.326 e. The van der Waals surface area contributed by atoms with Gasteiger partial charge < -0.3 is 10.4 Å². The zero-order chi connectivity index (χ0) is 14.6. The molecule has 0 aliphatic rings. The number of aliphatic carboxylic acids is 1. The van der Waals surface area contributed by atoms with Crippen LogP contribution in [0.1, 0.15) is 16.8 Å². The molecule has 0 bridgehead atoms. The van der Waals surface area contributed by atoms with Crippen molar-refractivity contribution in [2.75, 3.05) is 0 Å². The average Bonchev–Trinajstić information content (AvgIpc) is 2.31. The molecule has 0 saturated heterocycles. The summed E-state index contributed by atoms with van der Waals surface area (Å²) in [4.78, 5) is 22.6. The second-order valence-corrected chi connectivity index (χ2v) is 4.82. The Bertz CT molecular complexity index is 499. The SMILES string of the molecule is O=C(NC(CC(F)F)C(=O)O)c1cccc(Br)c1Cl. The molecule has 0 saturated carbocycles. The molecule has 1 amide bonds. The van der Waals surface area contributed by atoms with E-state index in [1.165, 1.54) is 12.1 Å². The first-order valence-corrected chi connectivity index (χ1v) is 6.26. The standard InChI is InChI=1S/C11H9BrClF2NO3/c12-6-3-1-2-5(9(6)13)10(17)16-7(11(18)19)4-8(14)15/h1-3,7-8H,4H2,(H,16,17)(H,18,19). The highest BCUT2D eigenvalue weighted by molar-refractivity contribution is 9.10. The van der Waals surface area contributed by atoms with Gasteiger partial charge in [-0.05, 0) is 28.1 Å². The number of carbonyl (C=O) groups is 2. The lowest BCUT2D eigenvalue weighted by atomic mass is 10.1. The van der Waals surface area contributed by atoms with Crippen LogP contribution < -0.4 is 5.32 Å². The normalized spacial score (nSPS) is 12.3. The van der Waals surface area contributed by atoms with Crippen LogP contribution in [0.5, 0.6) is 0 Å². The first-order valence-electron chi connectivity index (χ1n) is 5.08. The number of hydrogen-bond acceptors (Lipinski definition) is 2. The Kier molecular flexibility index (Phi) is 5.68. The van der Waals surface area contributed by atoms with E-state index >= 15 is 0 Å². The van der Waals surface area contributed by atoms with E-state index < -0.39 is 30.8 Å². The molecule has 0 aliphatic carbocycles. The summed E-state index contributed by atoms with van der Waals surface area (Å²) in [5.41, 5.74) is 0.0107. The molecule has 1 aromatic rings. The summed E-state index contributed by atoms with van der Waals surface area (Å²) >= 11 is 8.96. The van der Waals surface area contributed by atoms with E-state index in [4.69, 9.17) is 16.7 Å². The fourth-order valence-corrected chi connectivity index (χ4v) is 1.89. The van der Waals surface area contributed by atoms with Crippen molar-refractivity contribution in [2.45, 2.75) is 18.9 Å². The Hall–Kier alpha value is -1.21. The van der Waals surface area contributed by atoms with Crippen LogP contribution >= 0.6 is 27.5 Å². The monoisotopic (exact) mass is 355 g/mol. The van der Waals surface area contributed by atoms with Gasteiger partial charge in [0.1, 0.15) is 6.04 Å². The molecular weight excluding hydrogens is 347 g/mol. The minimum absolute atomic E-state index is 0.0107. The molecule has 0 fully saturated rings. The number of benzene rings is 1. The van der Waals surface area contributed by atoms with Gasteiger partial charge >= 0.3 is 5.97 Å².